The summed E-state index contributed by atoms with van der Waals surface area (Å²) < 4.78 is 0. The van der Waals surface area contributed by atoms with Crippen LogP contribution in [0.25, 0.3) is 10.2 Å². The number of nitrogen functional groups attached to an aromatic ring is 1. The van der Waals surface area contributed by atoms with E-state index in [1.54, 1.807) is 11.3 Å². The van der Waals surface area contributed by atoms with Gasteiger partial charge in [-0.3, -0.25) is 5.43 Å². The van der Waals surface area contributed by atoms with Crippen LogP contribution in [0.3, 0.4) is 0 Å². The zero-order valence-electron chi connectivity index (χ0n) is 10.9. The van der Waals surface area contributed by atoms with Crippen molar-refractivity contribution in [3.05, 3.63) is 10.9 Å². The van der Waals surface area contributed by atoms with E-state index in [0.29, 0.717) is 5.95 Å². The molecular weight excluding hydrogens is 260 g/mol. The van der Waals surface area contributed by atoms with Crippen LogP contribution in [0.15, 0.2) is 6.07 Å². The molecule has 2 aromatic heterocycles. The molecule has 0 amide bonds. The zero-order chi connectivity index (χ0) is 13.2. The molecule has 0 aliphatic carbocycles. The third kappa shape index (κ3) is 2.36. The topological polar surface area (TPSA) is 79.1 Å². The fourth-order valence-electron chi connectivity index (χ4n) is 2.31. The average molecular weight is 278 g/mol. The first-order chi connectivity index (χ1) is 9.31. The Hall–Kier alpha value is -1.44. The molecule has 0 radical (unpaired) electrons. The highest BCUT2D eigenvalue weighted by molar-refractivity contribution is 7.18. The Morgan fingerprint density at radius 2 is 2.21 bits per heavy atom. The molecule has 3 rings (SSSR count). The number of nitrogens with one attached hydrogen (secondary N) is 2. The van der Waals surface area contributed by atoms with E-state index < -0.39 is 0 Å². The van der Waals surface area contributed by atoms with Crippen molar-refractivity contribution in [2.24, 2.45) is 5.84 Å². The van der Waals surface area contributed by atoms with Crippen LogP contribution in [0.5, 0.6) is 0 Å². The van der Waals surface area contributed by atoms with Crippen molar-refractivity contribution >= 4 is 33.3 Å². The van der Waals surface area contributed by atoms with Crippen molar-refractivity contribution < 1.29 is 0 Å². The lowest BCUT2D eigenvalue weighted by molar-refractivity contribution is 0.586. The minimum atomic E-state index is 0.491. The van der Waals surface area contributed by atoms with Crippen LogP contribution in [0.2, 0.25) is 0 Å². The quantitative estimate of drug-likeness (QED) is 0.573. The van der Waals surface area contributed by atoms with Gasteiger partial charge < -0.3 is 10.2 Å². The minimum Gasteiger partial charge on any atom is -0.353 e. The number of anilines is 2. The highest BCUT2D eigenvalue weighted by Crippen LogP contribution is 2.32. The van der Waals surface area contributed by atoms with E-state index in [1.807, 2.05) is 0 Å². The van der Waals surface area contributed by atoms with Crippen LogP contribution in [0.1, 0.15) is 11.8 Å². The number of piperazine rings is 1. The molecule has 1 aliphatic rings. The standard InChI is InChI=1S/C12H18N6S/c1-2-8-7-9-10(18-5-3-14-4-6-18)15-12(17-13)16-11(9)19-8/h7,14H,2-6,13H2,1H3,(H,15,16,17). The van der Waals surface area contributed by atoms with Gasteiger partial charge in [-0.15, -0.1) is 11.3 Å². The normalized spacial score (nSPS) is 16.0. The third-order valence-electron chi connectivity index (χ3n) is 3.32. The van der Waals surface area contributed by atoms with E-state index in [4.69, 9.17) is 5.84 Å². The average Bonchev–Trinajstić information content (AvgIpc) is 2.90. The molecule has 1 aliphatic heterocycles. The molecule has 1 fully saturated rings. The van der Waals surface area contributed by atoms with Gasteiger partial charge in [-0.25, -0.2) is 10.8 Å². The van der Waals surface area contributed by atoms with Gasteiger partial charge in [0, 0.05) is 31.1 Å². The molecule has 0 unspecified atom stereocenters. The van der Waals surface area contributed by atoms with Crippen molar-refractivity contribution in [3.8, 4) is 0 Å². The van der Waals surface area contributed by atoms with Crippen LogP contribution in [0.4, 0.5) is 11.8 Å². The first kappa shape index (κ1) is 12.6. The number of hydrogen-bond donors (Lipinski definition) is 3. The number of aromatic nitrogens is 2. The summed E-state index contributed by atoms with van der Waals surface area (Å²) in [6.45, 7) is 6.06. The summed E-state index contributed by atoms with van der Waals surface area (Å²) in [5.74, 6) is 6.96. The summed E-state index contributed by atoms with van der Waals surface area (Å²) in [5.41, 5.74) is 2.57. The molecule has 19 heavy (non-hydrogen) atoms. The molecule has 0 aromatic carbocycles. The molecule has 0 spiro atoms. The minimum absolute atomic E-state index is 0.491. The van der Waals surface area contributed by atoms with E-state index in [9.17, 15) is 0 Å². The maximum absolute atomic E-state index is 5.48. The Bertz CT molecular complexity index is 575. The van der Waals surface area contributed by atoms with Crippen LogP contribution < -0.4 is 21.5 Å². The van der Waals surface area contributed by atoms with Crippen molar-refractivity contribution in [2.45, 2.75) is 13.3 Å². The highest BCUT2D eigenvalue weighted by atomic mass is 32.1. The fraction of sp³-hybridized carbons (Fsp3) is 0.500. The summed E-state index contributed by atoms with van der Waals surface area (Å²) in [7, 11) is 0. The highest BCUT2D eigenvalue weighted by Gasteiger charge is 2.18. The fourth-order valence-corrected chi connectivity index (χ4v) is 3.27. The molecule has 2 aromatic rings. The smallest absolute Gasteiger partial charge is 0.240 e. The second-order valence-corrected chi connectivity index (χ2v) is 5.65. The summed E-state index contributed by atoms with van der Waals surface area (Å²) in [4.78, 5) is 13.6. The molecule has 0 atom stereocenters. The number of thiophene rings is 1. The Morgan fingerprint density at radius 1 is 1.42 bits per heavy atom. The van der Waals surface area contributed by atoms with Gasteiger partial charge >= 0.3 is 0 Å². The number of fused-ring (bicyclic) bond motifs is 1. The van der Waals surface area contributed by atoms with Crippen molar-refractivity contribution in [1.29, 1.82) is 0 Å². The molecular formula is C12H18N6S. The Kier molecular flexibility index (Phi) is 3.50. The van der Waals surface area contributed by atoms with Gasteiger partial charge in [0.2, 0.25) is 5.95 Å². The number of hydrazine groups is 1. The Balaban J connectivity index is 2.11. The van der Waals surface area contributed by atoms with E-state index in [1.165, 1.54) is 4.88 Å². The van der Waals surface area contributed by atoms with Crippen LogP contribution in [-0.4, -0.2) is 36.1 Å². The first-order valence-corrected chi connectivity index (χ1v) is 7.36. The van der Waals surface area contributed by atoms with Crippen LogP contribution in [0, 0.1) is 0 Å². The molecule has 7 heteroatoms. The number of aryl methyl sites for hydroxylation is 1. The molecule has 102 valence electrons. The van der Waals surface area contributed by atoms with E-state index in [0.717, 1.165) is 48.6 Å². The van der Waals surface area contributed by atoms with Gasteiger partial charge in [-0.1, -0.05) is 6.92 Å². The molecule has 3 heterocycles. The summed E-state index contributed by atoms with van der Waals surface area (Å²) >= 11 is 1.72. The van der Waals surface area contributed by atoms with Crippen LogP contribution >= 0.6 is 11.3 Å². The second kappa shape index (κ2) is 5.28. The van der Waals surface area contributed by atoms with E-state index in [-0.39, 0.29) is 0 Å². The molecule has 0 saturated carbocycles. The van der Waals surface area contributed by atoms with Gasteiger partial charge in [0.05, 0.1) is 5.39 Å². The lowest BCUT2D eigenvalue weighted by Gasteiger charge is -2.29. The predicted octanol–water partition coefficient (Wildman–Crippen LogP) is 0.949. The number of nitrogens with two attached hydrogens (primary N) is 1. The molecule has 0 bridgehead atoms. The van der Waals surface area contributed by atoms with Gasteiger partial charge in [0.15, 0.2) is 0 Å². The Labute approximate surface area is 116 Å². The summed E-state index contributed by atoms with van der Waals surface area (Å²) in [6, 6.07) is 2.21. The monoisotopic (exact) mass is 278 g/mol. The first-order valence-electron chi connectivity index (χ1n) is 6.54. The van der Waals surface area contributed by atoms with Gasteiger partial charge in [-0.2, -0.15) is 4.98 Å². The van der Waals surface area contributed by atoms with E-state index >= 15 is 0 Å². The lowest BCUT2D eigenvalue weighted by Crippen LogP contribution is -2.44. The number of nitrogens with zero attached hydrogens (tertiary/aromatic N) is 3. The predicted molar refractivity (Wildman–Crippen MR) is 79.7 cm³/mol. The number of rotatable bonds is 3. The summed E-state index contributed by atoms with van der Waals surface area (Å²) in [6.07, 6.45) is 1.02. The van der Waals surface area contributed by atoms with Crippen LogP contribution in [-0.2, 0) is 6.42 Å². The summed E-state index contributed by atoms with van der Waals surface area (Å²) in [5, 5.41) is 4.50. The van der Waals surface area contributed by atoms with Crippen molar-refractivity contribution in [3.63, 3.8) is 0 Å². The maximum Gasteiger partial charge on any atom is 0.240 e. The molecule has 6 nitrogen and oxygen atoms in total. The van der Waals surface area contributed by atoms with Gasteiger partial charge in [0.1, 0.15) is 10.6 Å². The van der Waals surface area contributed by atoms with Gasteiger partial charge in [0.25, 0.3) is 0 Å². The van der Waals surface area contributed by atoms with E-state index in [2.05, 4.69) is 38.6 Å². The Morgan fingerprint density at radius 3 is 2.89 bits per heavy atom. The van der Waals surface area contributed by atoms with Gasteiger partial charge in [-0.05, 0) is 12.5 Å². The largest absolute Gasteiger partial charge is 0.353 e. The lowest BCUT2D eigenvalue weighted by atomic mass is 10.2. The van der Waals surface area contributed by atoms with Crippen molar-refractivity contribution in [2.75, 3.05) is 36.5 Å². The second-order valence-electron chi connectivity index (χ2n) is 4.54. The number of hydrogen-bond acceptors (Lipinski definition) is 7. The SMILES string of the molecule is CCc1cc2c(N3CCNCC3)nc(NN)nc2s1. The maximum atomic E-state index is 5.48. The molecule has 1 saturated heterocycles. The van der Waals surface area contributed by atoms with Crippen molar-refractivity contribution in [1.82, 2.24) is 15.3 Å². The molecule has 4 N–H and O–H groups in total. The third-order valence-corrected chi connectivity index (χ3v) is 4.49. The zero-order valence-corrected chi connectivity index (χ0v) is 11.8.